The maximum absolute atomic E-state index is 5.51. The van der Waals surface area contributed by atoms with E-state index in [4.69, 9.17) is 9.47 Å². The van der Waals surface area contributed by atoms with Crippen molar-refractivity contribution < 1.29 is 9.47 Å². The third kappa shape index (κ3) is 2.37. The van der Waals surface area contributed by atoms with Crippen molar-refractivity contribution in [2.45, 2.75) is 18.9 Å². The lowest BCUT2D eigenvalue weighted by Crippen LogP contribution is -2.46. The summed E-state index contributed by atoms with van der Waals surface area (Å²) in [7, 11) is 3.40. The predicted octanol–water partition coefficient (Wildman–Crippen LogP) is 1.89. The van der Waals surface area contributed by atoms with E-state index in [9.17, 15) is 0 Å². The molecule has 2 atom stereocenters. The monoisotopic (exact) mass is 262 g/mol. The molecule has 2 aliphatic rings. The number of benzene rings is 1. The van der Waals surface area contributed by atoms with Gasteiger partial charge in [0.1, 0.15) is 11.5 Å². The second-order valence-electron chi connectivity index (χ2n) is 5.38. The zero-order chi connectivity index (χ0) is 13.2. The molecule has 3 rings (SSSR count). The molecule has 1 aromatic carbocycles. The number of anilines is 1. The van der Waals surface area contributed by atoms with Gasteiger partial charge in [-0.1, -0.05) is 0 Å². The van der Waals surface area contributed by atoms with Crippen molar-refractivity contribution in [1.82, 2.24) is 5.32 Å². The molecule has 4 nitrogen and oxygen atoms in total. The van der Waals surface area contributed by atoms with E-state index in [0.29, 0.717) is 6.04 Å². The van der Waals surface area contributed by atoms with Crippen molar-refractivity contribution in [3.8, 4) is 11.5 Å². The summed E-state index contributed by atoms with van der Waals surface area (Å²) in [6.07, 6.45) is 2.60. The van der Waals surface area contributed by atoms with Crippen LogP contribution in [0.3, 0.4) is 0 Å². The van der Waals surface area contributed by atoms with Crippen LogP contribution in [0.25, 0.3) is 0 Å². The van der Waals surface area contributed by atoms with Crippen LogP contribution in [0, 0.1) is 5.92 Å². The summed E-state index contributed by atoms with van der Waals surface area (Å²) >= 11 is 0. The minimum atomic E-state index is 0.639. The van der Waals surface area contributed by atoms with Crippen LogP contribution in [-0.2, 0) is 0 Å². The Hall–Kier alpha value is -1.42. The predicted molar refractivity (Wildman–Crippen MR) is 76.3 cm³/mol. The molecule has 19 heavy (non-hydrogen) atoms. The third-order valence-corrected chi connectivity index (χ3v) is 4.41. The highest BCUT2D eigenvalue weighted by Gasteiger charge is 2.33. The van der Waals surface area contributed by atoms with Gasteiger partial charge in [0.15, 0.2) is 0 Å². The maximum Gasteiger partial charge on any atom is 0.145 e. The molecule has 0 saturated carbocycles. The van der Waals surface area contributed by atoms with Crippen LogP contribution in [0.4, 0.5) is 5.69 Å². The average Bonchev–Trinajstić information content (AvgIpc) is 2.93. The van der Waals surface area contributed by atoms with E-state index in [1.165, 1.54) is 25.1 Å². The van der Waals surface area contributed by atoms with Crippen molar-refractivity contribution in [2.24, 2.45) is 5.92 Å². The molecule has 2 saturated heterocycles. The van der Waals surface area contributed by atoms with Crippen LogP contribution in [-0.4, -0.2) is 39.9 Å². The smallest absolute Gasteiger partial charge is 0.145 e. The lowest BCUT2D eigenvalue weighted by Gasteiger charge is -2.37. The zero-order valence-corrected chi connectivity index (χ0v) is 11.7. The van der Waals surface area contributed by atoms with Gasteiger partial charge in [-0.2, -0.15) is 0 Å². The lowest BCUT2D eigenvalue weighted by atomic mass is 9.92. The topological polar surface area (TPSA) is 33.7 Å². The summed E-state index contributed by atoms with van der Waals surface area (Å²) in [4.78, 5) is 2.43. The summed E-state index contributed by atoms with van der Waals surface area (Å²) in [5.74, 6) is 2.60. The summed E-state index contributed by atoms with van der Waals surface area (Å²) in [6, 6.07) is 6.71. The molecule has 0 aromatic heterocycles. The fourth-order valence-electron chi connectivity index (χ4n) is 3.30. The summed E-state index contributed by atoms with van der Waals surface area (Å²) in [5, 5.41) is 3.61. The Kier molecular flexibility index (Phi) is 3.51. The highest BCUT2D eigenvalue weighted by molar-refractivity contribution is 5.61. The summed E-state index contributed by atoms with van der Waals surface area (Å²) < 4.78 is 10.8. The second kappa shape index (κ2) is 5.29. The first-order chi connectivity index (χ1) is 9.31. The molecule has 2 unspecified atom stereocenters. The number of nitrogens with zero attached hydrogens (tertiary/aromatic N) is 1. The van der Waals surface area contributed by atoms with Crippen molar-refractivity contribution in [3.05, 3.63) is 18.2 Å². The molecule has 4 heteroatoms. The van der Waals surface area contributed by atoms with Gasteiger partial charge in [-0.05, 0) is 37.4 Å². The van der Waals surface area contributed by atoms with Crippen LogP contribution < -0.4 is 19.7 Å². The Bertz CT molecular complexity index is 450. The first-order valence-corrected chi connectivity index (χ1v) is 7.02. The van der Waals surface area contributed by atoms with Crippen LogP contribution >= 0.6 is 0 Å². The highest BCUT2D eigenvalue weighted by Crippen LogP contribution is 2.35. The van der Waals surface area contributed by atoms with Crippen molar-refractivity contribution in [3.63, 3.8) is 0 Å². The largest absolute Gasteiger partial charge is 0.497 e. The molecule has 1 aromatic rings. The van der Waals surface area contributed by atoms with Crippen molar-refractivity contribution in [2.75, 3.05) is 38.8 Å². The minimum Gasteiger partial charge on any atom is -0.497 e. The van der Waals surface area contributed by atoms with E-state index < -0.39 is 0 Å². The van der Waals surface area contributed by atoms with Crippen LogP contribution in [0.5, 0.6) is 11.5 Å². The summed E-state index contributed by atoms with van der Waals surface area (Å²) in [5.41, 5.74) is 1.18. The molecular weight excluding hydrogens is 240 g/mol. The molecule has 0 spiro atoms. The molecule has 0 radical (unpaired) electrons. The molecule has 0 amide bonds. The average molecular weight is 262 g/mol. The van der Waals surface area contributed by atoms with Crippen molar-refractivity contribution >= 4 is 5.69 Å². The first kappa shape index (κ1) is 12.6. The van der Waals surface area contributed by atoms with Gasteiger partial charge >= 0.3 is 0 Å². The van der Waals surface area contributed by atoms with E-state index in [1.54, 1.807) is 14.2 Å². The number of hydrogen-bond donors (Lipinski definition) is 1. The molecule has 0 aliphatic carbocycles. The maximum atomic E-state index is 5.51. The van der Waals surface area contributed by atoms with Gasteiger partial charge in [0, 0.05) is 25.2 Å². The van der Waals surface area contributed by atoms with Gasteiger partial charge in [0.25, 0.3) is 0 Å². The van der Waals surface area contributed by atoms with E-state index in [0.717, 1.165) is 30.5 Å². The quantitative estimate of drug-likeness (QED) is 0.902. The number of methoxy groups -OCH3 is 2. The number of hydrogen-bond acceptors (Lipinski definition) is 4. The molecule has 2 heterocycles. The molecule has 104 valence electrons. The van der Waals surface area contributed by atoms with Gasteiger partial charge in [-0.15, -0.1) is 0 Å². The second-order valence-corrected chi connectivity index (χ2v) is 5.38. The number of rotatable bonds is 3. The molecular formula is C15H22N2O2. The van der Waals surface area contributed by atoms with E-state index in [-0.39, 0.29) is 0 Å². The van der Waals surface area contributed by atoms with Crippen LogP contribution in [0.15, 0.2) is 18.2 Å². The van der Waals surface area contributed by atoms with Gasteiger partial charge in [-0.3, -0.25) is 0 Å². The van der Waals surface area contributed by atoms with E-state index >= 15 is 0 Å². The molecule has 1 N–H and O–H groups in total. The Morgan fingerprint density at radius 3 is 2.89 bits per heavy atom. The molecule has 2 fully saturated rings. The Morgan fingerprint density at radius 2 is 2.11 bits per heavy atom. The minimum absolute atomic E-state index is 0.639. The van der Waals surface area contributed by atoms with Crippen LogP contribution in [0.1, 0.15) is 12.8 Å². The van der Waals surface area contributed by atoms with Gasteiger partial charge in [0.05, 0.1) is 19.9 Å². The van der Waals surface area contributed by atoms with Crippen molar-refractivity contribution in [1.29, 1.82) is 0 Å². The van der Waals surface area contributed by atoms with E-state index in [2.05, 4.69) is 16.3 Å². The summed E-state index contributed by atoms with van der Waals surface area (Å²) in [6.45, 7) is 3.36. The van der Waals surface area contributed by atoms with E-state index in [1.807, 2.05) is 12.1 Å². The first-order valence-electron chi connectivity index (χ1n) is 7.02. The molecule has 2 aliphatic heterocycles. The number of piperidine rings is 1. The number of fused-ring (bicyclic) bond motifs is 1. The SMILES string of the molecule is COc1ccc(N2CCC3CCNC3C2)c(OC)c1. The normalized spacial score (nSPS) is 26.1. The Morgan fingerprint density at radius 1 is 1.21 bits per heavy atom. The highest BCUT2D eigenvalue weighted by atomic mass is 16.5. The lowest BCUT2D eigenvalue weighted by molar-refractivity contribution is 0.365. The van der Waals surface area contributed by atoms with Crippen LogP contribution in [0.2, 0.25) is 0 Å². The number of nitrogens with one attached hydrogen (secondary N) is 1. The van der Waals surface area contributed by atoms with Gasteiger partial charge in [0.2, 0.25) is 0 Å². The standard InChI is InChI=1S/C15H22N2O2/c1-18-12-3-4-14(15(9-12)19-2)17-8-6-11-5-7-16-13(11)10-17/h3-4,9,11,13,16H,5-8,10H2,1-2H3. The fourth-order valence-corrected chi connectivity index (χ4v) is 3.30. The fraction of sp³-hybridized carbons (Fsp3) is 0.600. The zero-order valence-electron chi connectivity index (χ0n) is 11.7. The third-order valence-electron chi connectivity index (χ3n) is 4.41. The van der Waals surface area contributed by atoms with Gasteiger partial charge < -0.3 is 19.7 Å². The Labute approximate surface area is 114 Å². The number of ether oxygens (including phenoxy) is 2. The Balaban J connectivity index is 1.81. The molecule has 0 bridgehead atoms. The van der Waals surface area contributed by atoms with Gasteiger partial charge in [-0.25, -0.2) is 0 Å².